The molecule has 0 bridgehead atoms. The Morgan fingerprint density at radius 3 is 2.94 bits per heavy atom. The van der Waals surface area contributed by atoms with Gasteiger partial charge in [0.1, 0.15) is 0 Å². The predicted molar refractivity (Wildman–Crippen MR) is 65.9 cm³/mol. The summed E-state index contributed by atoms with van der Waals surface area (Å²) in [6.07, 6.45) is 2.88. The van der Waals surface area contributed by atoms with Gasteiger partial charge in [0, 0.05) is 30.7 Å². The molecule has 0 fully saturated rings. The van der Waals surface area contributed by atoms with E-state index < -0.39 is 5.37 Å². The maximum atomic E-state index is 10.6. The zero-order valence-electron chi connectivity index (χ0n) is 9.03. The fourth-order valence-electron chi connectivity index (χ4n) is 1.92. The highest BCUT2D eigenvalue weighted by molar-refractivity contribution is 6.62. The van der Waals surface area contributed by atoms with Crippen LogP contribution in [-0.4, -0.2) is 16.5 Å². The van der Waals surface area contributed by atoms with Crippen molar-refractivity contribution in [1.82, 2.24) is 9.88 Å². The molecule has 84 valence electrons. The number of aryl methyl sites for hydroxylation is 1. The van der Waals surface area contributed by atoms with Crippen molar-refractivity contribution in [1.29, 1.82) is 0 Å². The summed E-state index contributed by atoms with van der Waals surface area (Å²) in [6.45, 7) is 0.566. The number of halogens is 1. The zero-order valence-corrected chi connectivity index (χ0v) is 9.79. The molecular weight excluding hydrogens is 224 g/mol. The number of carbonyl (C=O) groups excluding carboxylic acids is 1. The maximum Gasteiger partial charge on any atom is 0.313 e. The summed E-state index contributed by atoms with van der Waals surface area (Å²) in [5, 5.41) is 3.32. The normalized spacial score (nSPS) is 10.6. The van der Waals surface area contributed by atoms with Gasteiger partial charge >= 0.3 is 5.37 Å². The lowest BCUT2D eigenvalue weighted by molar-refractivity contribution is 0.260. The molecule has 0 saturated heterocycles. The van der Waals surface area contributed by atoms with E-state index >= 15 is 0 Å². The molecule has 0 aliphatic rings. The van der Waals surface area contributed by atoms with Crippen LogP contribution in [0.25, 0.3) is 10.9 Å². The smallest absolute Gasteiger partial charge is 0.313 e. The van der Waals surface area contributed by atoms with Gasteiger partial charge in [-0.1, -0.05) is 18.2 Å². The van der Waals surface area contributed by atoms with E-state index in [0.717, 1.165) is 6.42 Å². The van der Waals surface area contributed by atoms with Crippen LogP contribution in [0.3, 0.4) is 0 Å². The average molecular weight is 237 g/mol. The van der Waals surface area contributed by atoms with Gasteiger partial charge in [-0.25, -0.2) is 0 Å². The number of carbonyl (C=O) groups is 1. The Morgan fingerprint density at radius 1 is 1.44 bits per heavy atom. The van der Waals surface area contributed by atoms with Crippen LogP contribution in [0, 0.1) is 0 Å². The molecule has 1 amide bonds. The Balaban J connectivity index is 2.21. The first-order chi connectivity index (χ1) is 7.68. The minimum Gasteiger partial charge on any atom is -0.350 e. The first-order valence-electron chi connectivity index (χ1n) is 5.15. The van der Waals surface area contributed by atoms with Crippen molar-refractivity contribution in [3.8, 4) is 0 Å². The summed E-state index contributed by atoms with van der Waals surface area (Å²) in [4.78, 5) is 10.6. The third-order valence-corrected chi connectivity index (χ3v) is 2.77. The fourth-order valence-corrected chi connectivity index (χ4v) is 2.01. The number of aromatic nitrogens is 1. The second-order valence-electron chi connectivity index (χ2n) is 3.73. The van der Waals surface area contributed by atoms with Gasteiger partial charge in [-0.2, -0.15) is 0 Å². The van der Waals surface area contributed by atoms with E-state index in [1.807, 2.05) is 19.2 Å². The molecule has 0 spiro atoms. The minimum atomic E-state index is -0.500. The summed E-state index contributed by atoms with van der Waals surface area (Å²) in [7, 11) is 2.02. The molecule has 2 rings (SSSR count). The van der Waals surface area contributed by atoms with Crippen LogP contribution in [0.5, 0.6) is 0 Å². The molecule has 0 aliphatic carbocycles. The number of amides is 1. The van der Waals surface area contributed by atoms with Crippen molar-refractivity contribution in [2.24, 2.45) is 7.05 Å². The van der Waals surface area contributed by atoms with E-state index in [1.165, 1.54) is 16.5 Å². The lowest BCUT2D eigenvalue weighted by Crippen LogP contribution is -2.19. The van der Waals surface area contributed by atoms with E-state index in [1.54, 1.807) is 0 Å². The summed E-state index contributed by atoms with van der Waals surface area (Å²) < 4.78 is 2.09. The van der Waals surface area contributed by atoms with Gasteiger partial charge in [0.15, 0.2) is 0 Å². The highest BCUT2D eigenvalue weighted by atomic mass is 35.5. The van der Waals surface area contributed by atoms with Crippen molar-refractivity contribution in [2.75, 3.05) is 6.54 Å². The first kappa shape index (κ1) is 11.0. The van der Waals surface area contributed by atoms with Crippen molar-refractivity contribution in [2.45, 2.75) is 6.42 Å². The number of hydrogen-bond acceptors (Lipinski definition) is 1. The monoisotopic (exact) mass is 236 g/mol. The average Bonchev–Trinajstić information content (AvgIpc) is 2.57. The number of para-hydroxylation sites is 1. The second-order valence-corrected chi connectivity index (χ2v) is 4.08. The van der Waals surface area contributed by atoms with Gasteiger partial charge < -0.3 is 9.88 Å². The first-order valence-corrected chi connectivity index (χ1v) is 5.52. The molecule has 3 nitrogen and oxygen atoms in total. The Morgan fingerprint density at radius 2 is 2.19 bits per heavy atom. The van der Waals surface area contributed by atoms with Crippen LogP contribution >= 0.6 is 11.6 Å². The predicted octanol–water partition coefficient (Wildman–Crippen LogP) is 2.67. The third kappa shape index (κ3) is 2.19. The zero-order chi connectivity index (χ0) is 11.5. The Kier molecular flexibility index (Phi) is 3.15. The van der Waals surface area contributed by atoms with Crippen molar-refractivity contribution < 1.29 is 4.79 Å². The Labute approximate surface area is 99.0 Å². The van der Waals surface area contributed by atoms with E-state index in [0.29, 0.717) is 6.54 Å². The number of hydrogen-bond donors (Lipinski definition) is 1. The van der Waals surface area contributed by atoms with Gasteiger partial charge in [-0.15, -0.1) is 0 Å². The number of nitrogens with zero attached hydrogens (tertiary/aromatic N) is 1. The van der Waals surface area contributed by atoms with E-state index in [4.69, 9.17) is 11.6 Å². The summed E-state index contributed by atoms with van der Waals surface area (Å²) in [5.74, 6) is 0. The highest BCUT2D eigenvalue weighted by Gasteiger charge is 2.05. The topological polar surface area (TPSA) is 34.0 Å². The molecule has 0 aliphatic heterocycles. The Bertz CT molecular complexity index is 519. The summed E-state index contributed by atoms with van der Waals surface area (Å²) >= 11 is 5.21. The maximum absolute atomic E-state index is 10.6. The van der Waals surface area contributed by atoms with E-state index in [-0.39, 0.29) is 0 Å². The van der Waals surface area contributed by atoms with Crippen molar-refractivity contribution in [3.63, 3.8) is 0 Å². The van der Waals surface area contributed by atoms with Crippen LogP contribution in [0.1, 0.15) is 5.56 Å². The number of rotatable bonds is 3. The van der Waals surface area contributed by atoms with Crippen molar-refractivity contribution >= 4 is 27.9 Å². The third-order valence-electron chi connectivity index (χ3n) is 2.64. The molecule has 1 heterocycles. The Hall–Kier alpha value is -1.48. The minimum absolute atomic E-state index is 0.500. The molecule has 0 atom stereocenters. The molecule has 16 heavy (non-hydrogen) atoms. The molecule has 2 aromatic rings. The number of nitrogens with one attached hydrogen (secondary N) is 1. The van der Waals surface area contributed by atoms with Gasteiger partial charge in [-0.05, 0) is 29.7 Å². The second kappa shape index (κ2) is 4.58. The van der Waals surface area contributed by atoms with Crippen LogP contribution in [-0.2, 0) is 13.5 Å². The molecule has 4 heteroatoms. The molecule has 0 saturated carbocycles. The SMILES string of the molecule is Cn1cc(CCNC(=O)Cl)c2ccccc21. The summed E-state index contributed by atoms with van der Waals surface area (Å²) in [5.41, 5.74) is 2.43. The lowest BCUT2D eigenvalue weighted by atomic mass is 10.1. The van der Waals surface area contributed by atoms with E-state index in [2.05, 4.69) is 28.2 Å². The molecule has 1 N–H and O–H groups in total. The van der Waals surface area contributed by atoms with Crippen LogP contribution in [0.4, 0.5) is 4.79 Å². The molecular formula is C12H13ClN2O. The van der Waals surface area contributed by atoms with Crippen LogP contribution in [0.2, 0.25) is 0 Å². The standard InChI is InChI=1S/C12H13ClN2O/c1-15-8-9(6-7-14-12(13)16)10-4-2-3-5-11(10)15/h2-5,8H,6-7H2,1H3,(H,14,16). The molecule has 1 aromatic carbocycles. The van der Waals surface area contributed by atoms with Crippen LogP contribution < -0.4 is 5.32 Å². The molecule has 0 unspecified atom stereocenters. The van der Waals surface area contributed by atoms with Crippen LogP contribution in [0.15, 0.2) is 30.5 Å². The summed E-state index contributed by atoms with van der Waals surface area (Å²) in [6, 6.07) is 8.21. The van der Waals surface area contributed by atoms with Gasteiger partial charge in [-0.3, -0.25) is 4.79 Å². The molecule has 1 aromatic heterocycles. The fraction of sp³-hybridized carbons (Fsp3) is 0.250. The van der Waals surface area contributed by atoms with Gasteiger partial charge in [0.05, 0.1) is 0 Å². The largest absolute Gasteiger partial charge is 0.350 e. The number of benzene rings is 1. The lowest BCUT2D eigenvalue weighted by Gasteiger charge is -1.99. The van der Waals surface area contributed by atoms with Crippen molar-refractivity contribution in [3.05, 3.63) is 36.0 Å². The number of fused-ring (bicyclic) bond motifs is 1. The van der Waals surface area contributed by atoms with Gasteiger partial charge in [0.25, 0.3) is 0 Å². The van der Waals surface area contributed by atoms with E-state index in [9.17, 15) is 4.79 Å². The molecule has 0 radical (unpaired) electrons. The quantitative estimate of drug-likeness (QED) is 0.645. The van der Waals surface area contributed by atoms with Gasteiger partial charge in [0.2, 0.25) is 0 Å². The highest BCUT2D eigenvalue weighted by Crippen LogP contribution is 2.20.